The fourth-order valence-corrected chi connectivity index (χ4v) is 3.16. The van der Waals surface area contributed by atoms with Gasteiger partial charge >= 0.3 is 0 Å². The van der Waals surface area contributed by atoms with E-state index in [2.05, 4.69) is 22.3 Å². The number of hydrogen-bond donors (Lipinski definition) is 1. The number of hydrogen-bond acceptors (Lipinski definition) is 6. The van der Waals surface area contributed by atoms with Gasteiger partial charge in [-0.15, -0.1) is 0 Å². The van der Waals surface area contributed by atoms with Crippen LogP contribution in [-0.4, -0.2) is 66.1 Å². The molecule has 0 radical (unpaired) electrons. The van der Waals surface area contributed by atoms with E-state index in [0.29, 0.717) is 31.3 Å². The molecule has 29 heavy (non-hydrogen) atoms. The molecule has 0 aliphatic carbocycles. The van der Waals surface area contributed by atoms with Gasteiger partial charge in [-0.2, -0.15) is 0 Å². The van der Waals surface area contributed by atoms with Gasteiger partial charge in [0.25, 0.3) is 0 Å². The quantitative estimate of drug-likeness (QED) is 0.731. The maximum Gasteiger partial charge on any atom is 0.226 e. The number of ether oxygens (including phenoxy) is 1. The Kier molecular flexibility index (Phi) is 7.24. The molecule has 3 rings (SSSR count). The fraction of sp³-hybridized carbons (Fsp3) is 0.476. The number of carbonyl (C=O) groups excluding carboxylic acids is 2. The second-order valence-electron chi connectivity index (χ2n) is 7.25. The molecule has 1 fully saturated rings. The Labute approximate surface area is 170 Å². The summed E-state index contributed by atoms with van der Waals surface area (Å²) < 4.78 is 10.7. The van der Waals surface area contributed by atoms with Crippen LogP contribution in [-0.2, 0) is 9.59 Å². The molecule has 1 aliphatic heterocycles. The Hall–Kier alpha value is -2.87. The van der Waals surface area contributed by atoms with Crippen molar-refractivity contribution in [2.24, 2.45) is 0 Å². The van der Waals surface area contributed by atoms with Crippen LogP contribution in [0, 0.1) is 13.8 Å². The number of aryl methyl sites for hydroxylation is 2. The lowest BCUT2D eigenvalue weighted by Gasteiger charge is -2.34. The van der Waals surface area contributed by atoms with Crippen LogP contribution in [0.25, 0.3) is 0 Å². The number of aromatic nitrogens is 1. The summed E-state index contributed by atoms with van der Waals surface area (Å²) in [5, 5.41) is 6.34. The predicted octanol–water partition coefficient (Wildman–Crippen LogP) is 2.23. The number of nitrogens with one attached hydrogen (secondary N) is 1. The van der Waals surface area contributed by atoms with E-state index in [1.54, 1.807) is 13.0 Å². The van der Waals surface area contributed by atoms with Crippen LogP contribution in [0.15, 0.2) is 34.9 Å². The van der Waals surface area contributed by atoms with E-state index in [0.717, 1.165) is 25.4 Å². The molecule has 1 saturated heterocycles. The van der Waals surface area contributed by atoms with Gasteiger partial charge in [0.15, 0.2) is 5.82 Å². The van der Waals surface area contributed by atoms with Crippen molar-refractivity contribution in [1.82, 2.24) is 15.0 Å². The van der Waals surface area contributed by atoms with E-state index >= 15 is 0 Å². The molecule has 1 aliphatic rings. The lowest BCUT2D eigenvalue weighted by atomic mass is 10.2. The van der Waals surface area contributed by atoms with E-state index in [1.165, 1.54) is 5.56 Å². The SMILES string of the molecule is Cc1ccc(OCCN2CCN(C(=O)CCC(=O)Nc3cc(C)on3)CC2)cc1. The zero-order chi connectivity index (χ0) is 20.6. The van der Waals surface area contributed by atoms with E-state index in [4.69, 9.17) is 9.26 Å². The third-order valence-electron chi connectivity index (χ3n) is 4.88. The second-order valence-corrected chi connectivity index (χ2v) is 7.25. The summed E-state index contributed by atoms with van der Waals surface area (Å²) in [6, 6.07) is 9.67. The third kappa shape index (κ3) is 6.60. The highest BCUT2D eigenvalue weighted by Crippen LogP contribution is 2.12. The summed E-state index contributed by atoms with van der Waals surface area (Å²) in [4.78, 5) is 28.4. The number of anilines is 1. The lowest BCUT2D eigenvalue weighted by molar-refractivity contribution is -0.134. The number of amides is 2. The number of nitrogens with zero attached hydrogens (tertiary/aromatic N) is 3. The first-order chi connectivity index (χ1) is 14.0. The smallest absolute Gasteiger partial charge is 0.226 e. The lowest BCUT2D eigenvalue weighted by Crippen LogP contribution is -2.49. The molecule has 8 nitrogen and oxygen atoms in total. The Bertz CT molecular complexity index is 810. The highest BCUT2D eigenvalue weighted by molar-refractivity contribution is 5.92. The largest absolute Gasteiger partial charge is 0.492 e. The highest BCUT2D eigenvalue weighted by atomic mass is 16.5. The van der Waals surface area contributed by atoms with Crippen molar-refractivity contribution in [3.8, 4) is 5.75 Å². The van der Waals surface area contributed by atoms with Gasteiger partial charge in [-0.1, -0.05) is 22.9 Å². The minimum Gasteiger partial charge on any atom is -0.492 e. The first kappa shape index (κ1) is 20.9. The number of benzene rings is 1. The van der Waals surface area contributed by atoms with Crippen molar-refractivity contribution >= 4 is 17.6 Å². The molecule has 0 bridgehead atoms. The van der Waals surface area contributed by atoms with Gasteiger partial charge in [0, 0.05) is 51.6 Å². The van der Waals surface area contributed by atoms with E-state index in [1.807, 2.05) is 29.2 Å². The fourth-order valence-electron chi connectivity index (χ4n) is 3.16. The number of carbonyl (C=O) groups is 2. The summed E-state index contributed by atoms with van der Waals surface area (Å²) in [6.45, 7) is 8.23. The van der Waals surface area contributed by atoms with Crippen molar-refractivity contribution < 1.29 is 18.8 Å². The molecular formula is C21H28N4O4. The first-order valence-corrected chi connectivity index (χ1v) is 9.92. The van der Waals surface area contributed by atoms with E-state index in [-0.39, 0.29) is 24.7 Å². The summed E-state index contributed by atoms with van der Waals surface area (Å²) in [5.41, 5.74) is 1.21. The summed E-state index contributed by atoms with van der Waals surface area (Å²) in [6.07, 6.45) is 0.328. The predicted molar refractivity (Wildman–Crippen MR) is 109 cm³/mol. The molecule has 0 unspecified atom stereocenters. The Balaban J connectivity index is 1.30. The van der Waals surface area contributed by atoms with Gasteiger partial charge < -0.3 is 19.5 Å². The van der Waals surface area contributed by atoms with Crippen LogP contribution in [0.2, 0.25) is 0 Å². The van der Waals surface area contributed by atoms with Crippen molar-refractivity contribution in [1.29, 1.82) is 0 Å². The van der Waals surface area contributed by atoms with Gasteiger partial charge in [0.05, 0.1) is 0 Å². The van der Waals surface area contributed by atoms with Crippen LogP contribution in [0.3, 0.4) is 0 Å². The molecule has 2 amide bonds. The molecule has 0 saturated carbocycles. The molecule has 1 aromatic heterocycles. The van der Waals surface area contributed by atoms with E-state index < -0.39 is 0 Å². The normalized spacial score (nSPS) is 14.6. The molecular weight excluding hydrogens is 372 g/mol. The van der Waals surface area contributed by atoms with Crippen LogP contribution >= 0.6 is 0 Å². The van der Waals surface area contributed by atoms with Gasteiger partial charge in [0.2, 0.25) is 11.8 Å². The summed E-state index contributed by atoms with van der Waals surface area (Å²) in [7, 11) is 0. The minimum atomic E-state index is -0.237. The van der Waals surface area contributed by atoms with Gasteiger partial charge in [-0.05, 0) is 26.0 Å². The minimum absolute atomic E-state index is 0.00652. The average Bonchev–Trinajstić information content (AvgIpc) is 3.12. The maximum atomic E-state index is 12.4. The van der Waals surface area contributed by atoms with Crippen LogP contribution in [0.1, 0.15) is 24.2 Å². The monoisotopic (exact) mass is 400 g/mol. The highest BCUT2D eigenvalue weighted by Gasteiger charge is 2.21. The van der Waals surface area contributed by atoms with E-state index in [9.17, 15) is 9.59 Å². The average molecular weight is 400 g/mol. The Morgan fingerprint density at radius 2 is 1.83 bits per heavy atom. The summed E-state index contributed by atoms with van der Waals surface area (Å²) in [5.74, 6) is 1.65. The van der Waals surface area contributed by atoms with Crippen LogP contribution < -0.4 is 10.1 Å². The van der Waals surface area contributed by atoms with Crippen molar-refractivity contribution in [3.05, 3.63) is 41.7 Å². The standard InChI is InChI=1S/C21H28N4O4/c1-16-3-5-18(6-4-16)28-14-13-24-9-11-25(12-10-24)21(27)8-7-20(26)22-19-15-17(2)29-23-19/h3-6,15H,7-14H2,1-2H3,(H,22,23,26). The number of rotatable bonds is 8. The third-order valence-corrected chi connectivity index (χ3v) is 4.88. The zero-order valence-electron chi connectivity index (χ0n) is 17.0. The van der Waals surface area contributed by atoms with Gasteiger partial charge in [-0.3, -0.25) is 14.5 Å². The van der Waals surface area contributed by atoms with Crippen molar-refractivity contribution in [2.45, 2.75) is 26.7 Å². The first-order valence-electron chi connectivity index (χ1n) is 9.92. The molecule has 1 N–H and O–H groups in total. The van der Waals surface area contributed by atoms with Crippen LogP contribution in [0.4, 0.5) is 5.82 Å². The molecule has 0 atom stereocenters. The molecule has 0 spiro atoms. The second kappa shape index (κ2) is 10.1. The van der Waals surface area contributed by atoms with Gasteiger partial charge in [0.1, 0.15) is 18.1 Å². The molecule has 2 heterocycles. The number of piperazine rings is 1. The zero-order valence-corrected chi connectivity index (χ0v) is 17.0. The van der Waals surface area contributed by atoms with Crippen molar-refractivity contribution in [2.75, 3.05) is 44.6 Å². The molecule has 156 valence electrons. The molecule has 8 heteroatoms. The summed E-state index contributed by atoms with van der Waals surface area (Å²) >= 11 is 0. The Morgan fingerprint density at radius 1 is 1.10 bits per heavy atom. The van der Waals surface area contributed by atoms with Crippen LogP contribution in [0.5, 0.6) is 5.75 Å². The molecule has 1 aromatic carbocycles. The topological polar surface area (TPSA) is 87.9 Å². The molecule has 2 aromatic rings. The maximum absolute atomic E-state index is 12.4. The Morgan fingerprint density at radius 3 is 2.48 bits per heavy atom. The van der Waals surface area contributed by atoms with Gasteiger partial charge in [-0.25, -0.2) is 0 Å². The van der Waals surface area contributed by atoms with Crippen molar-refractivity contribution in [3.63, 3.8) is 0 Å².